The third-order valence-corrected chi connectivity index (χ3v) is 7.89. The number of phenolic OH excluding ortho intramolecular Hbond substituents is 1. The Morgan fingerprint density at radius 2 is 1.61 bits per heavy atom. The number of benzene rings is 2. The molecular weight excluding hydrogens is 564 g/mol. The number of amides is 2. The maximum atomic E-state index is 13.5. The lowest BCUT2D eigenvalue weighted by Crippen LogP contribution is -2.47. The number of esters is 2. The Balaban J connectivity index is 1.63. The van der Waals surface area contributed by atoms with Crippen molar-refractivity contribution < 1.29 is 38.5 Å². The van der Waals surface area contributed by atoms with Crippen LogP contribution in [0, 0.1) is 17.3 Å². The third kappa shape index (κ3) is 8.47. The van der Waals surface area contributed by atoms with Gasteiger partial charge in [0, 0.05) is 18.9 Å². The second kappa shape index (κ2) is 14.1. The molecule has 2 aromatic carbocycles. The predicted octanol–water partition coefficient (Wildman–Crippen LogP) is 4.30. The van der Waals surface area contributed by atoms with Crippen molar-refractivity contribution in [1.29, 1.82) is 0 Å². The highest BCUT2D eigenvalue weighted by molar-refractivity contribution is 5.93. The summed E-state index contributed by atoms with van der Waals surface area (Å²) in [6, 6.07) is 14.6. The zero-order valence-electron chi connectivity index (χ0n) is 25.8. The normalized spacial score (nSPS) is 27.8. The van der Waals surface area contributed by atoms with E-state index < -0.39 is 47.4 Å². The van der Waals surface area contributed by atoms with E-state index in [2.05, 4.69) is 10.6 Å². The number of carbonyl (C=O) groups excluding carboxylic acids is 4. The van der Waals surface area contributed by atoms with Crippen LogP contribution in [0.2, 0.25) is 0 Å². The SMILES string of the molecule is CC(C)C[C@@H]1OC(=O)C(C)(C)CNC(=O)[C@@H](c2ccc(O)cc2)NC(=O)/C=C/C[C@@H]([C@H](C)C2OC2c2ccccc2)OC1=O. The van der Waals surface area contributed by atoms with Gasteiger partial charge >= 0.3 is 11.9 Å². The highest BCUT2D eigenvalue weighted by Crippen LogP contribution is 2.45. The van der Waals surface area contributed by atoms with Gasteiger partial charge in [-0.2, -0.15) is 0 Å². The number of hydrogen-bond donors (Lipinski definition) is 3. The smallest absolute Gasteiger partial charge is 0.347 e. The molecule has 2 aliphatic rings. The Bertz CT molecular complexity index is 1360. The topological polar surface area (TPSA) is 144 Å². The molecule has 2 heterocycles. The lowest BCUT2D eigenvalue weighted by Gasteiger charge is -2.29. The monoisotopic (exact) mass is 606 g/mol. The third-order valence-electron chi connectivity index (χ3n) is 7.89. The van der Waals surface area contributed by atoms with E-state index in [4.69, 9.17) is 14.2 Å². The predicted molar refractivity (Wildman–Crippen MR) is 162 cm³/mol. The Hall–Kier alpha value is -4.18. The number of hydrogen-bond acceptors (Lipinski definition) is 8. The van der Waals surface area contributed by atoms with E-state index in [9.17, 15) is 24.3 Å². The van der Waals surface area contributed by atoms with Gasteiger partial charge in [0.2, 0.25) is 11.8 Å². The summed E-state index contributed by atoms with van der Waals surface area (Å²) >= 11 is 0. The summed E-state index contributed by atoms with van der Waals surface area (Å²) in [6.07, 6.45) is 1.14. The van der Waals surface area contributed by atoms with Crippen molar-refractivity contribution in [2.75, 3.05) is 6.54 Å². The number of rotatable bonds is 6. The first-order chi connectivity index (χ1) is 20.9. The van der Waals surface area contributed by atoms with Crippen LogP contribution in [0.5, 0.6) is 5.75 Å². The molecule has 10 nitrogen and oxygen atoms in total. The lowest BCUT2D eigenvalue weighted by atomic mass is 9.92. The molecule has 0 aromatic heterocycles. The van der Waals surface area contributed by atoms with E-state index in [1.807, 2.05) is 51.1 Å². The summed E-state index contributed by atoms with van der Waals surface area (Å²) in [4.78, 5) is 53.2. The molecule has 2 aromatic rings. The molecule has 0 radical (unpaired) electrons. The summed E-state index contributed by atoms with van der Waals surface area (Å²) in [5, 5.41) is 15.1. The highest BCUT2D eigenvalue weighted by Gasteiger charge is 2.48. The van der Waals surface area contributed by atoms with Crippen LogP contribution >= 0.6 is 0 Å². The maximum absolute atomic E-state index is 13.5. The Morgan fingerprint density at radius 3 is 2.27 bits per heavy atom. The molecule has 3 N–H and O–H groups in total. The Kier molecular flexibility index (Phi) is 10.5. The largest absolute Gasteiger partial charge is 0.508 e. The number of ether oxygens (including phenoxy) is 3. The standard InChI is InChI=1S/C34H42N2O8/c1-20(2)18-26-32(40)42-25(21(3)29-30(44-29)23-10-7-6-8-11-23)12-9-13-27(38)36-28(22-14-16-24(37)17-15-22)31(39)35-19-34(4,5)33(41)43-26/h6-11,13-17,20-21,25-26,28-30,37H,12,18-19H2,1-5H3,(H,35,39)(H,36,38)/b13-9+/t21-,25-,26-,28+,29?,30?/m0/s1. The minimum absolute atomic E-state index is 0.0114. The lowest BCUT2D eigenvalue weighted by molar-refractivity contribution is -0.179. The molecule has 0 spiro atoms. The van der Waals surface area contributed by atoms with E-state index in [1.165, 1.54) is 30.3 Å². The summed E-state index contributed by atoms with van der Waals surface area (Å²) in [5.74, 6) is -2.64. The second-order valence-electron chi connectivity index (χ2n) is 12.6. The van der Waals surface area contributed by atoms with Gasteiger partial charge in [-0.1, -0.05) is 69.3 Å². The van der Waals surface area contributed by atoms with Crippen molar-refractivity contribution in [3.8, 4) is 5.75 Å². The van der Waals surface area contributed by atoms with Gasteiger partial charge in [-0.05, 0) is 55.5 Å². The van der Waals surface area contributed by atoms with Gasteiger partial charge in [-0.25, -0.2) is 4.79 Å². The molecule has 2 amide bonds. The van der Waals surface area contributed by atoms with Crippen LogP contribution in [0.4, 0.5) is 0 Å². The van der Waals surface area contributed by atoms with Crippen LogP contribution in [0.1, 0.15) is 70.7 Å². The van der Waals surface area contributed by atoms with Crippen molar-refractivity contribution in [3.05, 3.63) is 77.9 Å². The van der Waals surface area contributed by atoms with Crippen molar-refractivity contribution >= 4 is 23.8 Å². The van der Waals surface area contributed by atoms with Gasteiger partial charge in [-0.15, -0.1) is 0 Å². The van der Waals surface area contributed by atoms with Gasteiger partial charge < -0.3 is 30.0 Å². The van der Waals surface area contributed by atoms with Crippen LogP contribution in [-0.2, 0) is 33.4 Å². The zero-order valence-corrected chi connectivity index (χ0v) is 25.8. The van der Waals surface area contributed by atoms with Gasteiger partial charge in [0.1, 0.15) is 24.0 Å². The van der Waals surface area contributed by atoms with Crippen LogP contribution in [0.25, 0.3) is 0 Å². The van der Waals surface area contributed by atoms with Crippen molar-refractivity contribution in [2.24, 2.45) is 17.3 Å². The molecule has 0 saturated carbocycles. The number of aromatic hydroxyl groups is 1. The van der Waals surface area contributed by atoms with Crippen molar-refractivity contribution in [3.63, 3.8) is 0 Å². The molecule has 10 heteroatoms. The molecule has 2 aliphatic heterocycles. The first-order valence-corrected chi connectivity index (χ1v) is 15.0. The van der Waals surface area contributed by atoms with Crippen LogP contribution < -0.4 is 10.6 Å². The Labute approximate surface area is 258 Å². The van der Waals surface area contributed by atoms with E-state index in [-0.39, 0.29) is 49.2 Å². The molecular formula is C34H42N2O8. The molecule has 2 unspecified atom stereocenters. The fourth-order valence-electron chi connectivity index (χ4n) is 5.10. The van der Waals surface area contributed by atoms with Crippen molar-refractivity contribution in [2.45, 2.75) is 77.9 Å². The van der Waals surface area contributed by atoms with Crippen molar-refractivity contribution in [1.82, 2.24) is 10.6 Å². The minimum atomic E-state index is -1.21. The number of epoxide rings is 1. The van der Waals surface area contributed by atoms with Crippen LogP contribution in [0.3, 0.4) is 0 Å². The average molecular weight is 607 g/mol. The van der Waals surface area contributed by atoms with E-state index in [0.29, 0.717) is 5.56 Å². The highest BCUT2D eigenvalue weighted by atomic mass is 16.6. The maximum Gasteiger partial charge on any atom is 0.347 e. The Morgan fingerprint density at radius 1 is 0.932 bits per heavy atom. The fraction of sp³-hybridized carbons (Fsp3) is 0.471. The van der Waals surface area contributed by atoms with Gasteiger partial charge in [0.05, 0.1) is 11.5 Å². The first-order valence-electron chi connectivity index (χ1n) is 15.0. The first kappa shape index (κ1) is 32.7. The minimum Gasteiger partial charge on any atom is -0.508 e. The summed E-state index contributed by atoms with van der Waals surface area (Å²) in [5.41, 5.74) is 0.258. The molecule has 0 bridgehead atoms. The number of phenols is 1. The van der Waals surface area contributed by atoms with E-state index in [0.717, 1.165) is 5.56 Å². The summed E-state index contributed by atoms with van der Waals surface area (Å²) in [6.45, 7) is 8.85. The van der Waals surface area contributed by atoms with Gasteiger partial charge in [-0.3, -0.25) is 14.4 Å². The molecule has 4 rings (SSSR count). The van der Waals surface area contributed by atoms with Crippen LogP contribution in [0.15, 0.2) is 66.7 Å². The molecule has 1 fully saturated rings. The summed E-state index contributed by atoms with van der Waals surface area (Å²) < 4.78 is 17.8. The number of carbonyl (C=O) groups is 4. The van der Waals surface area contributed by atoms with Gasteiger partial charge in [0.15, 0.2) is 6.10 Å². The quantitative estimate of drug-likeness (QED) is 0.326. The number of nitrogens with one attached hydrogen (secondary N) is 2. The van der Waals surface area contributed by atoms with Gasteiger partial charge in [0.25, 0.3) is 0 Å². The number of cyclic esters (lactones) is 2. The molecule has 6 atom stereocenters. The average Bonchev–Trinajstić information content (AvgIpc) is 3.79. The van der Waals surface area contributed by atoms with E-state index in [1.54, 1.807) is 19.9 Å². The molecule has 1 saturated heterocycles. The van der Waals surface area contributed by atoms with Crippen LogP contribution in [-0.4, -0.2) is 53.7 Å². The molecule has 236 valence electrons. The second-order valence-corrected chi connectivity index (χ2v) is 12.6. The molecule has 44 heavy (non-hydrogen) atoms. The molecule has 0 aliphatic carbocycles. The zero-order chi connectivity index (χ0) is 32.0. The van der Waals surface area contributed by atoms with E-state index >= 15 is 0 Å². The fourth-order valence-corrected chi connectivity index (χ4v) is 5.10. The summed E-state index contributed by atoms with van der Waals surface area (Å²) in [7, 11) is 0.